The fraction of sp³-hybridized carbons (Fsp3) is 0.417. The second-order valence-corrected chi connectivity index (χ2v) is 10.2. The van der Waals surface area contributed by atoms with Gasteiger partial charge in [0.2, 0.25) is 0 Å². The van der Waals surface area contributed by atoms with Crippen molar-refractivity contribution >= 4 is 31.7 Å². The van der Waals surface area contributed by atoms with Crippen LogP contribution in [0.3, 0.4) is 0 Å². The van der Waals surface area contributed by atoms with Crippen LogP contribution in [0.4, 0.5) is 0 Å². The molecule has 3 aromatic rings. The van der Waals surface area contributed by atoms with Gasteiger partial charge < -0.3 is 9.47 Å². The van der Waals surface area contributed by atoms with Gasteiger partial charge in [0.1, 0.15) is 0 Å². The van der Waals surface area contributed by atoms with Crippen molar-refractivity contribution in [3.8, 4) is 11.5 Å². The molecule has 31 heavy (non-hydrogen) atoms. The lowest BCUT2D eigenvalue weighted by Crippen LogP contribution is -2.35. The number of benzene rings is 3. The lowest BCUT2D eigenvalue weighted by Gasteiger charge is -2.33. The van der Waals surface area contributed by atoms with Crippen LogP contribution < -0.4 is 9.47 Å². The molecule has 0 radical (unpaired) electrons. The molecular formula is C24H27NO5S. The number of hydrogen-bond donors (Lipinski definition) is 0. The minimum Gasteiger partial charge on any atom is -0.493 e. The Balaban J connectivity index is 1.77. The van der Waals surface area contributed by atoms with E-state index in [4.69, 9.17) is 13.7 Å². The molecule has 0 aliphatic carbocycles. The van der Waals surface area contributed by atoms with E-state index in [1.54, 1.807) is 14.2 Å². The summed E-state index contributed by atoms with van der Waals surface area (Å²) in [5.41, 5.74) is 3.59. The van der Waals surface area contributed by atoms with Crippen LogP contribution in [-0.2, 0) is 33.9 Å². The summed E-state index contributed by atoms with van der Waals surface area (Å²) in [5, 5.41) is 4.58. The van der Waals surface area contributed by atoms with Gasteiger partial charge in [-0.3, -0.25) is 9.08 Å². The van der Waals surface area contributed by atoms with Crippen LogP contribution in [-0.4, -0.2) is 46.4 Å². The highest BCUT2D eigenvalue weighted by Gasteiger charge is 2.32. The molecule has 0 aromatic heterocycles. The molecule has 0 spiro atoms. The molecule has 1 atom stereocenters. The Labute approximate surface area is 182 Å². The Bertz CT molecular complexity index is 1280. The highest BCUT2D eigenvalue weighted by Crippen LogP contribution is 2.43. The van der Waals surface area contributed by atoms with Crippen molar-refractivity contribution < 1.29 is 22.1 Å². The Morgan fingerprint density at radius 2 is 1.68 bits per heavy atom. The third-order valence-corrected chi connectivity index (χ3v) is 7.20. The third-order valence-electron chi connectivity index (χ3n) is 6.65. The van der Waals surface area contributed by atoms with Gasteiger partial charge in [0.15, 0.2) is 11.5 Å². The molecule has 0 amide bonds. The van der Waals surface area contributed by atoms with Gasteiger partial charge in [-0.25, -0.2) is 0 Å². The number of nitrogens with zero attached hydrogens (tertiary/aromatic N) is 1. The largest absolute Gasteiger partial charge is 0.493 e. The summed E-state index contributed by atoms with van der Waals surface area (Å²) in [4.78, 5) is 2.60. The van der Waals surface area contributed by atoms with Gasteiger partial charge in [0, 0.05) is 12.6 Å². The van der Waals surface area contributed by atoms with E-state index in [1.807, 2.05) is 12.1 Å². The zero-order valence-electron chi connectivity index (χ0n) is 18.1. The summed E-state index contributed by atoms with van der Waals surface area (Å²) in [6, 6.07) is 10.9. The van der Waals surface area contributed by atoms with Crippen molar-refractivity contribution in [2.45, 2.75) is 38.5 Å². The van der Waals surface area contributed by atoms with Crippen molar-refractivity contribution in [1.82, 2.24) is 4.90 Å². The highest BCUT2D eigenvalue weighted by molar-refractivity contribution is 7.85. The first-order valence-electron chi connectivity index (χ1n) is 10.6. The number of ether oxygens (including phenoxy) is 2. The van der Waals surface area contributed by atoms with Gasteiger partial charge in [0.25, 0.3) is 10.1 Å². The van der Waals surface area contributed by atoms with Crippen molar-refractivity contribution in [2.24, 2.45) is 0 Å². The van der Waals surface area contributed by atoms with Crippen LogP contribution in [0.1, 0.15) is 29.5 Å². The smallest absolute Gasteiger partial charge is 0.264 e. The zero-order valence-corrected chi connectivity index (χ0v) is 18.9. The third kappa shape index (κ3) is 3.64. The molecule has 164 valence electrons. The molecule has 2 aliphatic heterocycles. The monoisotopic (exact) mass is 441 g/mol. The normalized spacial score (nSPS) is 18.9. The van der Waals surface area contributed by atoms with Crippen LogP contribution in [0.5, 0.6) is 11.5 Å². The van der Waals surface area contributed by atoms with Crippen molar-refractivity contribution in [3.63, 3.8) is 0 Å². The van der Waals surface area contributed by atoms with E-state index in [-0.39, 0.29) is 6.61 Å². The van der Waals surface area contributed by atoms with E-state index >= 15 is 0 Å². The van der Waals surface area contributed by atoms with Gasteiger partial charge in [0.05, 0.1) is 27.1 Å². The van der Waals surface area contributed by atoms with Crippen LogP contribution in [0.2, 0.25) is 0 Å². The molecule has 1 saturated heterocycles. The molecule has 0 saturated carbocycles. The maximum atomic E-state index is 11.5. The summed E-state index contributed by atoms with van der Waals surface area (Å²) in [6.07, 6.45) is 4.60. The Hall–Kier alpha value is -2.35. The predicted molar refractivity (Wildman–Crippen MR) is 121 cm³/mol. The summed E-state index contributed by atoms with van der Waals surface area (Å²) >= 11 is 0. The Kier molecular flexibility index (Phi) is 5.07. The minimum absolute atomic E-state index is 0.0248. The van der Waals surface area contributed by atoms with Gasteiger partial charge in [-0.05, 0) is 82.2 Å². The molecule has 5 rings (SSSR count). The first kappa shape index (κ1) is 20.5. The topological polar surface area (TPSA) is 65.1 Å². The molecule has 3 aromatic carbocycles. The molecule has 7 heteroatoms. The predicted octanol–water partition coefficient (Wildman–Crippen LogP) is 4.01. The lowest BCUT2D eigenvalue weighted by molar-refractivity contribution is 0.229. The van der Waals surface area contributed by atoms with Gasteiger partial charge in [-0.15, -0.1) is 0 Å². The molecule has 2 heterocycles. The van der Waals surface area contributed by atoms with E-state index in [9.17, 15) is 8.42 Å². The number of hydrogen-bond acceptors (Lipinski definition) is 6. The van der Waals surface area contributed by atoms with Crippen LogP contribution in [0.15, 0.2) is 30.3 Å². The lowest BCUT2D eigenvalue weighted by atomic mass is 9.85. The number of rotatable bonds is 5. The SMILES string of the molecule is COc1cc2c3c(c4ccc(COS(C)(=O)=O)cc4c2cc1OC)C[C@@H]1CCCN1C3. The quantitative estimate of drug-likeness (QED) is 0.440. The first-order chi connectivity index (χ1) is 14.9. The van der Waals surface area contributed by atoms with Gasteiger partial charge >= 0.3 is 0 Å². The standard InChI is InChI=1S/C24H27NO5S/c1-28-23-11-20-18-9-15(14-30-31(3,26)27)6-7-17(18)19-10-16-5-4-8-25(16)13-22(19)21(20)12-24(23)29-2/h6-7,9,11-12,16H,4-5,8,10,13-14H2,1-3H3/t16-/m0/s1. The van der Waals surface area contributed by atoms with E-state index in [2.05, 4.69) is 23.1 Å². The fourth-order valence-electron chi connectivity index (χ4n) is 5.21. The average Bonchev–Trinajstić information content (AvgIpc) is 3.22. The van der Waals surface area contributed by atoms with Crippen LogP contribution in [0.25, 0.3) is 21.5 Å². The second kappa shape index (κ2) is 7.65. The van der Waals surface area contributed by atoms with Gasteiger partial charge in [-0.1, -0.05) is 12.1 Å². The molecule has 2 aliphatic rings. The average molecular weight is 442 g/mol. The maximum absolute atomic E-state index is 11.5. The van der Waals surface area contributed by atoms with E-state index < -0.39 is 10.1 Å². The molecule has 1 fully saturated rings. The van der Waals surface area contributed by atoms with E-state index in [0.717, 1.165) is 47.9 Å². The van der Waals surface area contributed by atoms with Crippen molar-refractivity contribution in [1.29, 1.82) is 0 Å². The zero-order chi connectivity index (χ0) is 21.8. The highest BCUT2D eigenvalue weighted by atomic mass is 32.2. The van der Waals surface area contributed by atoms with Gasteiger partial charge in [-0.2, -0.15) is 8.42 Å². The second-order valence-electron chi connectivity index (χ2n) is 8.53. The van der Waals surface area contributed by atoms with Crippen molar-refractivity contribution in [3.05, 3.63) is 47.0 Å². The summed E-state index contributed by atoms with van der Waals surface area (Å²) < 4.78 is 39.2. The van der Waals surface area contributed by atoms with Crippen molar-refractivity contribution in [2.75, 3.05) is 27.0 Å². The summed E-state index contributed by atoms with van der Waals surface area (Å²) in [5.74, 6) is 1.40. The van der Waals surface area contributed by atoms with E-state index in [1.165, 1.54) is 34.7 Å². The first-order valence-corrected chi connectivity index (χ1v) is 12.4. The van der Waals surface area contributed by atoms with E-state index in [0.29, 0.717) is 11.8 Å². The molecule has 0 bridgehead atoms. The summed E-state index contributed by atoms with van der Waals surface area (Å²) in [6.45, 7) is 2.12. The molecule has 0 N–H and O–H groups in total. The molecular weight excluding hydrogens is 414 g/mol. The Morgan fingerprint density at radius 1 is 0.968 bits per heavy atom. The summed E-state index contributed by atoms with van der Waals surface area (Å²) in [7, 11) is -0.200. The minimum atomic E-state index is -3.50. The number of methoxy groups -OCH3 is 2. The molecule has 0 unspecified atom stereocenters. The Morgan fingerprint density at radius 3 is 2.39 bits per heavy atom. The number of fused-ring (bicyclic) bond motifs is 7. The fourth-order valence-corrected chi connectivity index (χ4v) is 5.56. The maximum Gasteiger partial charge on any atom is 0.264 e. The van der Waals surface area contributed by atoms with Crippen LogP contribution >= 0.6 is 0 Å². The molecule has 6 nitrogen and oxygen atoms in total. The van der Waals surface area contributed by atoms with Crippen LogP contribution in [0, 0.1) is 0 Å².